The summed E-state index contributed by atoms with van der Waals surface area (Å²) in [6.07, 6.45) is 34.1. The summed E-state index contributed by atoms with van der Waals surface area (Å²) >= 11 is 0. The fourth-order valence-corrected chi connectivity index (χ4v) is 4.86. The summed E-state index contributed by atoms with van der Waals surface area (Å²) < 4.78 is 0. The molecular weight excluding hydrogens is 416 g/mol. The summed E-state index contributed by atoms with van der Waals surface area (Å²) in [6, 6.07) is 0. The first-order chi connectivity index (χ1) is 16.7. The van der Waals surface area contributed by atoms with Gasteiger partial charge < -0.3 is 0 Å². The molecule has 0 radical (unpaired) electrons. The van der Waals surface area contributed by atoms with Crippen LogP contribution in [0.4, 0.5) is 0 Å². The second kappa shape index (κ2) is 28.6. The molecule has 0 aromatic carbocycles. The third-order valence-electron chi connectivity index (χ3n) is 7.30. The van der Waals surface area contributed by atoms with Crippen LogP contribution in [0.2, 0.25) is 0 Å². The molecule has 34 heavy (non-hydrogen) atoms. The number of Topliss-reactive ketones (excluding diaryl/α,β-unsaturated/α-hetero) is 2. The second-order valence-electron chi connectivity index (χ2n) is 10.9. The predicted octanol–water partition coefficient (Wildman–Crippen LogP) is 11.1. The molecule has 202 valence electrons. The van der Waals surface area contributed by atoms with Crippen LogP contribution in [-0.2, 0) is 9.59 Å². The van der Waals surface area contributed by atoms with Crippen molar-refractivity contribution in [3.8, 4) is 0 Å². The maximum Gasteiger partial charge on any atom is 0.133 e. The van der Waals surface area contributed by atoms with Crippen molar-refractivity contribution in [1.82, 2.24) is 0 Å². The molecule has 2 heteroatoms. The lowest BCUT2D eigenvalue weighted by Crippen LogP contribution is -2.04. The molecular formula is C32H62O2. The van der Waals surface area contributed by atoms with Gasteiger partial charge in [-0.05, 0) is 12.8 Å². The van der Waals surface area contributed by atoms with Crippen molar-refractivity contribution >= 4 is 11.6 Å². The van der Waals surface area contributed by atoms with E-state index < -0.39 is 0 Å². The quantitative estimate of drug-likeness (QED) is 0.100. The molecule has 0 spiro atoms. The number of rotatable bonds is 29. The van der Waals surface area contributed by atoms with Gasteiger partial charge in [0.05, 0.1) is 0 Å². The number of unbranched alkanes of at least 4 members (excludes halogenated alkanes) is 22. The molecule has 0 unspecified atom stereocenters. The fourth-order valence-electron chi connectivity index (χ4n) is 4.86. The van der Waals surface area contributed by atoms with Gasteiger partial charge in [-0.3, -0.25) is 9.59 Å². The van der Waals surface area contributed by atoms with E-state index in [1.54, 1.807) is 0 Å². The molecule has 0 atom stereocenters. The highest BCUT2D eigenvalue weighted by atomic mass is 16.1. The summed E-state index contributed by atoms with van der Waals surface area (Å²) in [6.45, 7) is 4.54. The SMILES string of the molecule is CCCCCCCCCCCCCCCCCC(=O)CCC(=O)CCCCCCCCCCC. The lowest BCUT2D eigenvalue weighted by Gasteiger charge is -2.04. The first-order valence-corrected chi connectivity index (χ1v) is 15.7. The van der Waals surface area contributed by atoms with Crippen LogP contribution in [0.25, 0.3) is 0 Å². The van der Waals surface area contributed by atoms with Crippen LogP contribution in [-0.4, -0.2) is 11.6 Å². The van der Waals surface area contributed by atoms with Gasteiger partial charge in [-0.25, -0.2) is 0 Å². The Balaban J connectivity index is 3.27. The lowest BCUT2D eigenvalue weighted by molar-refractivity contribution is -0.124. The highest BCUT2D eigenvalue weighted by molar-refractivity contribution is 5.85. The maximum atomic E-state index is 12.1. The Labute approximate surface area is 214 Å². The molecule has 0 aromatic rings. The van der Waals surface area contributed by atoms with E-state index in [-0.39, 0.29) is 0 Å². The van der Waals surface area contributed by atoms with E-state index in [4.69, 9.17) is 0 Å². The van der Waals surface area contributed by atoms with E-state index in [0.29, 0.717) is 37.2 Å². The summed E-state index contributed by atoms with van der Waals surface area (Å²) in [7, 11) is 0. The molecule has 0 aliphatic heterocycles. The van der Waals surface area contributed by atoms with E-state index >= 15 is 0 Å². The van der Waals surface area contributed by atoms with Gasteiger partial charge in [-0.1, -0.05) is 155 Å². The molecule has 0 heterocycles. The normalized spacial score (nSPS) is 11.2. The van der Waals surface area contributed by atoms with Gasteiger partial charge >= 0.3 is 0 Å². The van der Waals surface area contributed by atoms with Gasteiger partial charge in [0.25, 0.3) is 0 Å². The zero-order chi connectivity index (χ0) is 25.0. The number of carbonyl (C=O) groups excluding carboxylic acids is 2. The topological polar surface area (TPSA) is 34.1 Å². The van der Waals surface area contributed by atoms with Gasteiger partial charge in [-0.2, -0.15) is 0 Å². The van der Waals surface area contributed by atoms with E-state index in [9.17, 15) is 9.59 Å². The number of hydrogen-bond donors (Lipinski definition) is 0. The molecule has 0 rings (SSSR count). The van der Waals surface area contributed by atoms with Crippen molar-refractivity contribution in [3.63, 3.8) is 0 Å². The van der Waals surface area contributed by atoms with Crippen molar-refractivity contribution in [3.05, 3.63) is 0 Å². The van der Waals surface area contributed by atoms with Gasteiger partial charge in [0.15, 0.2) is 0 Å². The van der Waals surface area contributed by atoms with Crippen LogP contribution >= 0.6 is 0 Å². The Morgan fingerprint density at radius 3 is 0.735 bits per heavy atom. The van der Waals surface area contributed by atoms with Crippen LogP contribution in [0.15, 0.2) is 0 Å². The lowest BCUT2D eigenvalue weighted by atomic mass is 10.0. The van der Waals surface area contributed by atoms with Crippen molar-refractivity contribution in [2.45, 2.75) is 194 Å². The minimum absolute atomic E-state index is 0.299. The standard InChI is InChI=1S/C32H62O2/c1-3-5-7-9-11-13-14-15-16-17-18-20-22-24-26-28-32(34)30-29-31(33)27-25-23-21-19-12-10-8-6-4-2/h3-30H2,1-2H3. The first-order valence-electron chi connectivity index (χ1n) is 15.7. The zero-order valence-corrected chi connectivity index (χ0v) is 23.6. The molecule has 0 N–H and O–H groups in total. The molecule has 0 aliphatic rings. The van der Waals surface area contributed by atoms with Crippen molar-refractivity contribution in [2.24, 2.45) is 0 Å². The molecule has 2 nitrogen and oxygen atoms in total. The Bertz CT molecular complexity index is 429. The van der Waals surface area contributed by atoms with Crippen LogP contribution in [0.1, 0.15) is 194 Å². The second-order valence-corrected chi connectivity index (χ2v) is 10.9. The van der Waals surface area contributed by atoms with Gasteiger partial charge in [0.1, 0.15) is 11.6 Å². The molecule has 0 aliphatic carbocycles. The molecule has 0 saturated heterocycles. The highest BCUT2D eigenvalue weighted by Crippen LogP contribution is 2.15. The summed E-state index contributed by atoms with van der Waals surface area (Å²) in [5.74, 6) is 0.600. The third kappa shape index (κ3) is 27.6. The van der Waals surface area contributed by atoms with E-state index in [1.807, 2.05) is 0 Å². The zero-order valence-electron chi connectivity index (χ0n) is 23.6. The van der Waals surface area contributed by atoms with Crippen LogP contribution < -0.4 is 0 Å². The Morgan fingerprint density at radius 2 is 0.500 bits per heavy atom. The Kier molecular flexibility index (Phi) is 28.0. The molecule has 0 aromatic heterocycles. The largest absolute Gasteiger partial charge is 0.300 e. The summed E-state index contributed by atoms with van der Waals surface area (Å²) in [5.41, 5.74) is 0. The number of carbonyl (C=O) groups is 2. The summed E-state index contributed by atoms with van der Waals surface area (Å²) in [5, 5.41) is 0. The van der Waals surface area contributed by atoms with Crippen molar-refractivity contribution in [1.29, 1.82) is 0 Å². The van der Waals surface area contributed by atoms with Crippen LogP contribution in [0, 0.1) is 0 Å². The molecule has 0 saturated carbocycles. The fraction of sp³-hybridized carbons (Fsp3) is 0.938. The van der Waals surface area contributed by atoms with Crippen molar-refractivity contribution < 1.29 is 9.59 Å². The smallest absolute Gasteiger partial charge is 0.133 e. The molecule has 0 bridgehead atoms. The minimum atomic E-state index is 0.299. The van der Waals surface area contributed by atoms with Crippen LogP contribution in [0.3, 0.4) is 0 Å². The number of ketones is 2. The van der Waals surface area contributed by atoms with Crippen LogP contribution in [0.5, 0.6) is 0 Å². The minimum Gasteiger partial charge on any atom is -0.300 e. The van der Waals surface area contributed by atoms with E-state index in [0.717, 1.165) is 12.8 Å². The molecule has 0 fully saturated rings. The monoisotopic (exact) mass is 478 g/mol. The van der Waals surface area contributed by atoms with E-state index in [2.05, 4.69) is 13.8 Å². The van der Waals surface area contributed by atoms with Gasteiger partial charge in [0, 0.05) is 25.7 Å². The van der Waals surface area contributed by atoms with Gasteiger partial charge in [-0.15, -0.1) is 0 Å². The van der Waals surface area contributed by atoms with E-state index in [1.165, 1.54) is 141 Å². The first kappa shape index (κ1) is 33.3. The third-order valence-corrected chi connectivity index (χ3v) is 7.30. The maximum absolute atomic E-state index is 12.1. The average Bonchev–Trinajstić information content (AvgIpc) is 2.84. The average molecular weight is 479 g/mol. The van der Waals surface area contributed by atoms with Gasteiger partial charge in [0.2, 0.25) is 0 Å². The Morgan fingerprint density at radius 1 is 0.294 bits per heavy atom. The molecule has 0 amide bonds. The number of hydrogen-bond acceptors (Lipinski definition) is 2. The predicted molar refractivity (Wildman–Crippen MR) is 151 cm³/mol. The Hall–Kier alpha value is -0.660. The summed E-state index contributed by atoms with van der Waals surface area (Å²) in [4.78, 5) is 24.1. The van der Waals surface area contributed by atoms with Crippen molar-refractivity contribution in [2.75, 3.05) is 0 Å². The highest BCUT2D eigenvalue weighted by Gasteiger charge is 2.07.